The monoisotopic (exact) mass is 361 g/mol. The van der Waals surface area contributed by atoms with Crippen LogP contribution in [0.3, 0.4) is 0 Å². The van der Waals surface area contributed by atoms with E-state index in [0.717, 1.165) is 5.56 Å². The Morgan fingerprint density at radius 2 is 1.96 bits per heavy atom. The maximum Gasteiger partial charge on any atom is 0.361 e. The van der Waals surface area contributed by atoms with Crippen LogP contribution in [0.15, 0.2) is 59.0 Å². The first-order chi connectivity index (χ1) is 13.1. The van der Waals surface area contributed by atoms with Gasteiger partial charge in [0.1, 0.15) is 5.76 Å². The van der Waals surface area contributed by atoms with Crippen LogP contribution in [0.5, 0.6) is 0 Å². The lowest BCUT2D eigenvalue weighted by molar-refractivity contribution is -0.119. The van der Waals surface area contributed by atoms with E-state index in [2.05, 4.69) is 10.3 Å². The van der Waals surface area contributed by atoms with Gasteiger partial charge in [-0.2, -0.15) is 5.26 Å². The fraction of sp³-hybridized carbons (Fsp3) is 0.100. The molecule has 1 N–H and O–H groups in total. The lowest BCUT2D eigenvalue weighted by atomic mass is 10.2. The normalized spacial score (nSPS) is 10.1. The second kappa shape index (κ2) is 7.97. The smallest absolute Gasteiger partial charge is 0.361 e. The Labute approximate surface area is 155 Å². The SMILES string of the molecule is Cc1oc(-c2ccccc2)nc1C(=O)OCC(=O)Nc1cccc(C#N)c1. The molecular formula is C20H15N3O4. The molecule has 134 valence electrons. The van der Waals surface area contributed by atoms with Gasteiger partial charge in [0.2, 0.25) is 5.89 Å². The molecule has 0 atom stereocenters. The van der Waals surface area contributed by atoms with Crippen molar-refractivity contribution in [1.82, 2.24) is 4.98 Å². The van der Waals surface area contributed by atoms with Gasteiger partial charge in [-0.1, -0.05) is 24.3 Å². The number of anilines is 1. The second-order valence-electron chi connectivity index (χ2n) is 5.61. The lowest BCUT2D eigenvalue weighted by Crippen LogP contribution is -2.21. The molecule has 1 amide bonds. The lowest BCUT2D eigenvalue weighted by Gasteiger charge is -2.06. The van der Waals surface area contributed by atoms with Gasteiger partial charge in [-0.15, -0.1) is 0 Å². The number of nitrogens with one attached hydrogen (secondary N) is 1. The summed E-state index contributed by atoms with van der Waals surface area (Å²) in [7, 11) is 0. The Morgan fingerprint density at radius 1 is 1.19 bits per heavy atom. The molecule has 1 aromatic heterocycles. The number of oxazole rings is 1. The van der Waals surface area contributed by atoms with Crippen molar-refractivity contribution in [3.8, 4) is 17.5 Å². The standard InChI is InChI=1S/C20H15N3O4/c1-13-18(23-19(27-13)15-7-3-2-4-8-15)20(25)26-12-17(24)22-16-9-5-6-14(10-16)11-21/h2-10H,12H2,1H3,(H,22,24). The minimum absolute atomic E-state index is 0.0214. The highest BCUT2D eigenvalue weighted by atomic mass is 16.5. The molecule has 0 radical (unpaired) electrons. The number of nitrogens with zero attached hydrogens (tertiary/aromatic N) is 2. The molecule has 0 unspecified atom stereocenters. The number of amides is 1. The summed E-state index contributed by atoms with van der Waals surface area (Å²) in [4.78, 5) is 28.3. The van der Waals surface area contributed by atoms with Crippen molar-refractivity contribution >= 4 is 17.6 Å². The van der Waals surface area contributed by atoms with Crippen LogP contribution in [0.1, 0.15) is 21.8 Å². The number of esters is 1. The Balaban J connectivity index is 1.61. The topological polar surface area (TPSA) is 105 Å². The van der Waals surface area contributed by atoms with E-state index in [1.165, 1.54) is 6.07 Å². The Morgan fingerprint density at radius 3 is 2.70 bits per heavy atom. The molecule has 0 saturated heterocycles. The van der Waals surface area contributed by atoms with Crippen LogP contribution in [0.2, 0.25) is 0 Å². The fourth-order valence-electron chi connectivity index (χ4n) is 2.35. The number of rotatable bonds is 5. The fourth-order valence-corrected chi connectivity index (χ4v) is 2.35. The number of hydrogen-bond acceptors (Lipinski definition) is 6. The van der Waals surface area contributed by atoms with E-state index in [9.17, 15) is 9.59 Å². The Hall–Kier alpha value is -3.92. The van der Waals surface area contributed by atoms with Crippen LogP contribution in [0.25, 0.3) is 11.5 Å². The summed E-state index contributed by atoms with van der Waals surface area (Å²) in [5.41, 5.74) is 1.61. The van der Waals surface area contributed by atoms with Gasteiger partial charge < -0.3 is 14.5 Å². The number of ether oxygens (including phenoxy) is 1. The predicted molar refractivity (Wildman–Crippen MR) is 96.7 cm³/mol. The molecule has 0 spiro atoms. The number of aromatic nitrogens is 1. The molecule has 2 aromatic carbocycles. The third-order valence-corrected chi connectivity index (χ3v) is 3.62. The zero-order valence-corrected chi connectivity index (χ0v) is 14.4. The molecule has 0 aliphatic heterocycles. The molecule has 0 bridgehead atoms. The van der Waals surface area contributed by atoms with Gasteiger partial charge in [0.05, 0.1) is 11.6 Å². The van der Waals surface area contributed by atoms with Gasteiger partial charge in [-0.05, 0) is 37.3 Å². The number of benzene rings is 2. The maximum absolute atomic E-state index is 12.2. The highest BCUT2D eigenvalue weighted by Crippen LogP contribution is 2.21. The van der Waals surface area contributed by atoms with Gasteiger partial charge in [-0.3, -0.25) is 4.79 Å². The van der Waals surface area contributed by atoms with E-state index in [1.807, 2.05) is 36.4 Å². The Bertz CT molecular complexity index is 1020. The van der Waals surface area contributed by atoms with E-state index in [-0.39, 0.29) is 5.69 Å². The molecule has 0 aliphatic rings. The van der Waals surface area contributed by atoms with E-state index in [1.54, 1.807) is 25.1 Å². The first-order valence-corrected chi connectivity index (χ1v) is 8.07. The molecule has 27 heavy (non-hydrogen) atoms. The summed E-state index contributed by atoms with van der Waals surface area (Å²) in [6.45, 7) is 1.12. The summed E-state index contributed by atoms with van der Waals surface area (Å²) >= 11 is 0. The van der Waals surface area contributed by atoms with Crippen LogP contribution in [0.4, 0.5) is 5.69 Å². The summed E-state index contributed by atoms with van der Waals surface area (Å²) in [6, 6.07) is 17.5. The molecule has 0 saturated carbocycles. The molecule has 0 fully saturated rings. The van der Waals surface area contributed by atoms with E-state index >= 15 is 0 Å². The quantitative estimate of drug-likeness (QED) is 0.699. The van der Waals surface area contributed by atoms with Crippen molar-refractivity contribution in [2.24, 2.45) is 0 Å². The average Bonchev–Trinajstić information content (AvgIpc) is 3.09. The third-order valence-electron chi connectivity index (χ3n) is 3.62. The van der Waals surface area contributed by atoms with Crippen molar-refractivity contribution in [3.63, 3.8) is 0 Å². The second-order valence-corrected chi connectivity index (χ2v) is 5.61. The number of carbonyl (C=O) groups excluding carboxylic acids is 2. The zero-order chi connectivity index (χ0) is 19.2. The molecule has 7 nitrogen and oxygen atoms in total. The maximum atomic E-state index is 12.2. The van der Waals surface area contributed by atoms with Crippen molar-refractivity contribution in [2.45, 2.75) is 6.92 Å². The summed E-state index contributed by atoms with van der Waals surface area (Å²) in [5, 5.41) is 11.4. The van der Waals surface area contributed by atoms with Crippen molar-refractivity contribution in [2.75, 3.05) is 11.9 Å². The van der Waals surface area contributed by atoms with E-state index in [4.69, 9.17) is 14.4 Å². The van der Waals surface area contributed by atoms with Gasteiger partial charge in [0, 0.05) is 11.3 Å². The number of nitriles is 1. The van der Waals surface area contributed by atoms with Crippen LogP contribution in [-0.2, 0) is 9.53 Å². The van der Waals surface area contributed by atoms with Crippen LogP contribution < -0.4 is 5.32 Å². The first kappa shape index (κ1) is 17.9. The minimum Gasteiger partial charge on any atom is -0.451 e. The van der Waals surface area contributed by atoms with Gasteiger partial charge in [0.15, 0.2) is 12.3 Å². The number of aryl methyl sites for hydroxylation is 1. The van der Waals surface area contributed by atoms with Crippen LogP contribution >= 0.6 is 0 Å². The third kappa shape index (κ3) is 4.38. The van der Waals surface area contributed by atoms with Crippen molar-refractivity contribution in [1.29, 1.82) is 5.26 Å². The van der Waals surface area contributed by atoms with E-state index in [0.29, 0.717) is 22.9 Å². The molecule has 0 aliphatic carbocycles. The minimum atomic E-state index is -0.751. The number of hydrogen-bond donors (Lipinski definition) is 1. The van der Waals surface area contributed by atoms with Gasteiger partial charge in [0.25, 0.3) is 5.91 Å². The summed E-state index contributed by atoms with van der Waals surface area (Å²) < 4.78 is 10.5. The van der Waals surface area contributed by atoms with Crippen LogP contribution in [0, 0.1) is 18.3 Å². The molecule has 7 heteroatoms. The largest absolute Gasteiger partial charge is 0.451 e. The first-order valence-electron chi connectivity index (χ1n) is 8.07. The van der Waals surface area contributed by atoms with Crippen LogP contribution in [-0.4, -0.2) is 23.5 Å². The van der Waals surface area contributed by atoms with Gasteiger partial charge >= 0.3 is 5.97 Å². The summed E-state index contributed by atoms with van der Waals surface area (Å²) in [6.07, 6.45) is 0. The zero-order valence-electron chi connectivity index (χ0n) is 14.4. The Kier molecular flexibility index (Phi) is 5.28. The average molecular weight is 361 g/mol. The summed E-state index contributed by atoms with van der Waals surface area (Å²) in [5.74, 6) is -0.666. The van der Waals surface area contributed by atoms with Crippen molar-refractivity contribution < 1.29 is 18.7 Å². The highest BCUT2D eigenvalue weighted by molar-refractivity contribution is 5.95. The molecule has 3 aromatic rings. The highest BCUT2D eigenvalue weighted by Gasteiger charge is 2.20. The van der Waals surface area contributed by atoms with Crippen molar-refractivity contribution in [3.05, 3.63) is 71.6 Å². The van der Waals surface area contributed by atoms with E-state index < -0.39 is 18.5 Å². The molecule has 3 rings (SSSR count). The predicted octanol–water partition coefficient (Wildman–Crippen LogP) is 3.32. The molecule has 1 heterocycles. The number of carbonyl (C=O) groups is 2. The molecular weight excluding hydrogens is 346 g/mol. The van der Waals surface area contributed by atoms with Gasteiger partial charge in [-0.25, -0.2) is 9.78 Å².